The Hall–Kier alpha value is -3.48. The molecule has 7 nitrogen and oxygen atoms in total. The molecular formula is C22H22N2O5. The molecule has 1 aliphatic rings. The molecule has 2 aromatic rings. The Bertz CT molecular complexity index is 969. The molecule has 0 radical (unpaired) electrons. The summed E-state index contributed by atoms with van der Waals surface area (Å²) in [6, 6.07) is 14.0. The minimum Gasteiger partial charge on any atom is -0.455 e. The number of amides is 2. The zero-order chi connectivity index (χ0) is 21.0. The molecule has 7 heteroatoms. The topological polar surface area (TPSA) is 92.8 Å². The molecule has 1 atom stereocenters. The van der Waals surface area contributed by atoms with Crippen LogP contribution in [0.2, 0.25) is 0 Å². The highest BCUT2D eigenvalue weighted by molar-refractivity contribution is 6.00. The van der Waals surface area contributed by atoms with Crippen molar-refractivity contribution in [3.63, 3.8) is 0 Å². The second-order valence-electron chi connectivity index (χ2n) is 7.04. The van der Waals surface area contributed by atoms with Gasteiger partial charge in [-0.25, -0.2) is 0 Å². The summed E-state index contributed by atoms with van der Waals surface area (Å²) < 4.78 is 5.10. The molecule has 0 saturated carbocycles. The molecule has 1 saturated heterocycles. The standard InChI is InChI=1S/C22H22N2O5/c1-14-5-3-8-19(9-14)24-12-17(11-21(24)27)22(28)29-13-20(26)23-18-7-4-6-16(10-18)15(2)25/h3-10,17H,11-13H2,1-2H3,(H,23,26)/t17-/m1/s1. The van der Waals surface area contributed by atoms with Crippen molar-refractivity contribution in [2.24, 2.45) is 5.92 Å². The van der Waals surface area contributed by atoms with Crippen molar-refractivity contribution in [2.75, 3.05) is 23.4 Å². The Kier molecular flexibility index (Phi) is 6.07. The van der Waals surface area contributed by atoms with Crippen molar-refractivity contribution < 1.29 is 23.9 Å². The molecule has 0 spiro atoms. The molecule has 1 N–H and O–H groups in total. The first kappa shape index (κ1) is 20.3. The number of carbonyl (C=O) groups excluding carboxylic acids is 4. The Morgan fingerprint density at radius 3 is 2.62 bits per heavy atom. The summed E-state index contributed by atoms with van der Waals surface area (Å²) in [5.41, 5.74) is 2.68. The number of hydrogen-bond donors (Lipinski definition) is 1. The van der Waals surface area contributed by atoms with Crippen LogP contribution in [-0.4, -0.2) is 36.7 Å². The van der Waals surface area contributed by atoms with Gasteiger partial charge < -0.3 is 15.0 Å². The number of anilines is 2. The van der Waals surface area contributed by atoms with Crippen LogP contribution in [0.25, 0.3) is 0 Å². The second kappa shape index (κ2) is 8.68. The Morgan fingerprint density at radius 2 is 1.90 bits per heavy atom. The largest absolute Gasteiger partial charge is 0.455 e. The number of rotatable bonds is 6. The van der Waals surface area contributed by atoms with Crippen molar-refractivity contribution in [2.45, 2.75) is 20.3 Å². The van der Waals surface area contributed by atoms with Gasteiger partial charge in [-0.3, -0.25) is 19.2 Å². The van der Waals surface area contributed by atoms with Gasteiger partial charge >= 0.3 is 5.97 Å². The summed E-state index contributed by atoms with van der Waals surface area (Å²) in [6.07, 6.45) is 0.0506. The van der Waals surface area contributed by atoms with E-state index in [4.69, 9.17) is 4.74 Å². The van der Waals surface area contributed by atoms with Gasteiger partial charge in [0.05, 0.1) is 5.92 Å². The van der Waals surface area contributed by atoms with E-state index in [1.807, 2.05) is 31.2 Å². The van der Waals surface area contributed by atoms with E-state index in [9.17, 15) is 19.2 Å². The lowest BCUT2D eigenvalue weighted by Gasteiger charge is -2.17. The molecular weight excluding hydrogens is 372 g/mol. The fourth-order valence-corrected chi connectivity index (χ4v) is 3.18. The van der Waals surface area contributed by atoms with E-state index < -0.39 is 24.4 Å². The fourth-order valence-electron chi connectivity index (χ4n) is 3.18. The molecule has 1 fully saturated rings. The first-order valence-electron chi connectivity index (χ1n) is 9.28. The molecule has 0 aromatic heterocycles. The quantitative estimate of drug-likeness (QED) is 0.601. The zero-order valence-corrected chi connectivity index (χ0v) is 16.3. The van der Waals surface area contributed by atoms with Gasteiger partial charge in [0.1, 0.15) is 0 Å². The van der Waals surface area contributed by atoms with Gasteiger partial charge in [-0.05, 0) is 43.7 Å². The van der Waals surface area contributed by atoms with Crippen LogP contribution in [-0.2, 0) is 19.1 Å². The molecule has 2 amide bonds. The normalized spacial score (nSPS) is 15.9. The van der Waals surface area contributed by atoms with Crippen LogP contribution < -0.4 is 10.2 Å². The van der Waals surface area contributed by atoms with Gasteiger partial charge in [0, 0.05) is 29.9 Å². The predicted octanol–water partition coefficient (Wildman–Crippen LogP) is 2.73. The van der Waals surface area contributed by atoms with Crippen LogP contribution in [0.15, 0.2) is 48.5 Å². The van der Waals surface area contributed by atoms with Crippen LogP contribution in [0.1, 0.15) is 29.3 Å². The predicted molar refractivity (Wildman–Crippen MR) is 108 cm³/mol. The summed E-state index contributed by atoms with van der Waals surface area (Å²) in [7, 11) is 0. The van der Waals surface area contributed by atoms with Crippen LogP contribution in [0.5, 0.6) is 0 Å². The number of nitrogens with zero attached hydrogens (tertiary/aromatic N) is 1. The number of nitrogens with one attached hydrogen (secondary N) is 1. The zero-order valence-electron chi connectivity index (χ0n) is 16.3. The second-order valence-corrected chi connectivity index (χ2v) is 7.04. The van der Waals surface area contributed by atoms with Gasteiger partial charge in [-0.2, -0.15) is 0 Å². The average Bonchev–Trinajstić information content (AvgIpc) is 3.08. The molecule has 3 rings (SSSR count). The SMILES string of the molecule is CC(=O)c1cccc(NC(=O)COC(=O)[C@@H]2CC(=O)N(c3cccc(C)c3)C2)c1. The van der Waals surface area contributed by atoms with Crippen LogP contribution in [0, 0.1) is 12.8 Å². The number of hydrogen-bond acceptors (Lipinski definition) is 5. The minimum atomic E-state index is -0.614. The van der Waals surface area contributed by atoms with Crippen LogP contribution in [0.3, 0.4) is 0 Å². The third kappa shape index (κ3) is 5.07. The Balaban J connectivity index is 1.53. The molecule has 150 valence electrons. The first-order valence-corrected chi connectivity index (χ1v) is 9.28. The summed E-state index contributed by atoms with van der Waals surface area (Å²) in [4.78, 5) is 49.6. The van der Waals surface area contributed by atoms with E-state index in [0.29, 0.717) is 11.3 Å². The minimum absolute atomic E-state index is 0.0506. The highest BCUT2D eigenvalue weighted by atomic mass is 16.5. The molecule has 0 bridgehead atoms. The van der Waals surface area contributed by atoms with Gasteiger partial charge in [-0.15, -0.1) is 0 Å². The van der Waals surface area contributed by atoms with E-state index in [-0.39, 0.29) is 24.7 Å². The fraction of sp³-hybridized carbons (Fsp3) is 0.273. The number of ether oxygens (including phenoxy) is 1. The summed E-state index contributed by atoms with van der Waals surface area (Å²) >= 11 is 0. The highest BCUT2D eigenvalue weighted by Gasteiger charge is 2.36. The molecule has 1 heterocycles. The third-order valence-electron chi connectivity index (χ3n) is 4.67. The molecule has 2 aromatic carbocycles. The smallest absolute Gasteiger partial charge is 0.311 e. The lowest BCUT2D eigenvalue weighted by Crippen LogP contribution is -2.28. The van der Waals surface area contributed by atoms with Gasteiger partial charge in [-0.1, -0.05) is 24.3 Å². The first-order chi connectivity index (χ1) is 13.8. The number of aryl methyl sites for hydroxylation is 1. The lowest BCUT2D eigenvalue weighted by molar-refractivity contribution is -0.151. The molecule has 1 aliphatic heterocycles. The lowest BCUT2D eigenvalue weighted by atomic mass is 10.1. The maximum atomic E-state index is 12.3. The number of Topliss-reactive ketones (excluding diaryl/α,β-unsaturated/α-hetero) is 1. The molecule has 0 unspecified atom stereocenters. The average molecular weight is 394 g/mol. The van der Waals surface area contributed by atoms with Crippen molar-refractivity contribution >= 4 is 34.9 Å². The Labute approximate surface area is 168 Å². The van der Waals surface area contributed by atoms with E-state index >= 15 is 0 Å². The Morgan fingerprint density at radius 1 is 1.14 bits per heavy atom. The van der Waals surface area contributed by atoms with E-state index in [2.05, 4.69) is 5.32 Å². The van der Waals surface area contributed by atoms with Gasteiger partial charge in [0.15, 0.2) is 12.4 Å². The van der Waals surface area contributed by atoms with E-state index in [1.54, 1.807) is 29.2 Å². The number of carbonyl (C=O) groups is 4. The molecule has 0 aliphatic carbocycles. The van der Waals surface area contributed by atoms with Crippen molar-refractivity contribution in [1.29, 1.82) is 0 Å². The summed E-state index contributed by atoms with van der Waals surface area (Å²) in [5.74, 6) is -1.98. The number of esters is 1. The maximum absolute atomic E-state index is 12.3. The third-order valence-corrected chi connectivity index (χ3v) is 4.67. The van der Waals surface area contributed by atoms with Crippen molar-refractivity contribution in [3.05, 3.63) is 59.7 Å². The van der Waals surface area contributed by atoms with E-state index in [1.165, 1.54) is 6.92 Å². The summed E-state index contributed by atoms with van der Waals surface area (Å²) in [6.45, 7) is 3.13. The number of benzene rings is 2. The maximum Gasteiger partial charge on any atom is 0.311 e. The molecule has 29 heavy (non-hydrogen) atoms. The monoisotopic (exact) mass is 394 g/mol. The van der Waals surface area contributed by atoms with Gasteiger partial charge in [0.2, 0.25) is 5.91 Å². The van der Waals surface area contributed by atoms with Crippen LogP contribution in [0.4, 0.5) is 11.4 Å². The summed E-state index contributed by atoms with van der Waals surface area (Å²) in [5, 5.41) is 2.59. The van der Waals surface area contributed by atoms with E-state index in [0.717, 1.165) is 11.3 Å². The van der Waals surface area contributed by atoms with Gasteiger partial charge in [0.25, 0.3) is 5.91 Å². The highest BCUT2D eigenvalue weighted by Crippen LogP contribution is 2.26. The van der Waals surface area contributed by atoms with Crippen molar-refractivity contribution in [3.8, 4) is 0 Å². The van der Waals surface area contributed by atoms with Crippen LogP contribution >= 0.6 is 0 Å². The number of ketones is 1. The van der Waals surface area contributed by atoms with Crippen molar-refractivity contribution in [1.82, 2.24) is 0 Å².